The van der Waals surface area contributed by atoms with Crippen LogP contribution in [0.4, 0.5) is 0 Å². The van der Waals surface area contributed by atoms with Gasteiger partial charge in [-0.15, -0.1) is 0 Å². The van der Waals surface area contributed by atoms with Gasteiger partial charge in [-0.2, -0.15) is 0 Å². The van der Waals surface area contributed by atoms with Gasteiger partial charge in [-0.05, 0) is 29.8 Å². The van der Waals surface area contributed by atoms with Crippen molar-refractivity contribution in [3.8, 4) is 5.75 Å². The van der Waals surface area contributed by atoms with Gasteiger partial charge in [-0.3, -0.25) is 4.98 Å². The Balaban J connectivity index is 2.00. The molecule has 4 heteroatoms. The van der Waals surface area contributed by atoms with E-state index in [2.05, 4.69) is 4.98 Å². The van der Waals surface area contributed by atoms with E-state index in [0.29, 0.717) is 17.4 Å². The summed E-state index contributed by atoms with van der Waals surface area (Å²) >= 11 is 5.87. The summed E-state index contributed by atoms with van der Waals surface area (Å²) in [4.78, 5) is 4.03. The van der Waals surface area contributed by atoms with Crippen LogP contribution in [-0.2, 0) is 0 Å². The molecule has 18 heavy (non-hydrogen) atoms. The third-order valence-electron chi connectivity index (χ3n) is 2.62. The van der Waals surface area contributed by atoms with E-state index in [0.717, 1.165) is 5.56 Å². The molecule has 0 aliphatic rings. The minimum atomic E-state index is -0.0855. The summed E-state index contributed by atoms with van der Waals surface area (Å²) in [5.41, 5.74) is 0.960. The average molecular weight is 264 g/mol. The molecule has 0 saturated carbocycles. The molecule has 1 heterocycles. The van der Waals surface area contributed by atoms with Gasteiger partial charge in [0.25, 0.3) is 0 Å². The van der Waals surface area contributed by atoms with Crippen molar-refractivity contribution < 1.29 is 9.84 Å². The molecule has 2 rings (SSSR count). The van der Waals surface area contributed by atoms with Crippen molar-refractivity contribution in [2.45, 2.75) is 5.92 Å². The minimum Gasteiger partial charge on any atom is -0.493 e. The molecule has 0 bridgehead atoms. The number of aromatic nitrogens is 1. The molecular formula is C14H14ClNO2. The predicted molar refractivity (Wildman–Crippen MR) is 71.0 cm³/mol. The van der Waals surface area contributed by atoms with Crippen LogP contribution in [-0.4, -0.2) is 23.3 Å². The van der Waals surface area contributed by atoms with Gasteiger partial charge in [0.15, 0.2) is 0 Å². The monoisotopic (exact) mass is 263 g/mol. The van der Waals surface area contributed by atoms with E-state index in [1.165, 1.54) is 0 Å². The lowest BCUT2D eigenvalue weighted by Gasteiger charge is -2.15. The summed E-state index contributed by atoms with van der Waals surface area (Å²) < 4.78 is 5.62. The molecule has 0 radical (unpaired) electrons. The molecule has 0 aliphatic heterocycles. The topological polar surface area (TPSA) is 42.4 Å². The van der Waals surface area contributed by atoms with Crippen molar-refractivity contribution in [1.29, 1.82) is 0 Å². The van der Waals surface area contributed by atoms with Gasteiger partial charge in [-0.1, -0.05) is 23.7 Å². The Hall–Kier alpha value is -1.58. The van der Waals surface area contributed by atoms with Crippen molar-refractivity contribution in [2.75, 3.05) is 13.2 Å². The van der Waals surface area contributed by atoms with E-state index in [1.807, 2.05) is 24.3 Å². The fourth-order valence-electron chi connectivity index (χ4n) is 1.63. The second-order valence-corrected chi connectivity index (χ2v) is 4.37. The predicted octanol–water partition coefficient (Wildman–Crippen LogP) is 2.89. The first-order chi connectivity index (χ1) is 8.79. The number of nitrogens with zero attached hydrogens (tertiary/aromatic N) is 1. The summed E-state index contributed by atoms with van der Waals surface area (Å²) in [6.07, 6.45) is 3.44. The maximum atomic E-state index is 9.38. The molecule has 3 nitrogen and oxygen atoms in total. The largest absolute Gasteiger partial charge is 0.493 e. The molecule has 1 unspecified atom stereocenters. The number of aliphatic hydroxyl groups is 1. The van der Waals surface area contributed by atoms with Gasteiger partial charge in [0.05, 0.1) is 13.2 Å². The lowest BCUT2D eigenvalue weighted by molar-refractivity contribution is 0.205. The Kier molecular flexibility index (Phi) is 4.56. The maximum Gasteiger partial charge on any atom is 0.120 e. The zero-order valence-corrected chi connectivity index (χ0v) is 10.5. The van der Waals surface area contributed by atoms with Gasteiger partial charge in [-0.25, -0.2) is 0 Å². The molecular weight excluding hydrogens is 250 g/mol. The smallest absolute Gasteiger partial charge is 0.120 e. The van der Waals surface area contributed by atoms with Crippen molar-refractivity contribution in [1.82, 2.24) is 4.98 Å². The van der Waals surface area contributed by atoms with Crippen molar-refractivity contribution in [2.24, 2.45) is 0 Å². The molecule has 1 atom stereocenters. The molecule has 0 spiro atoms. The van der Waals surface area contributed by atoms with Crippen LogP contribution in [0.25, 0.3) is 0 Å². The van der Waals surface area contributed by atoms with Crippen molar-refractivity contribution in [3.05, 3.63) is 59.4 Å². The Morgan fingerprint density at radius 3 is 2.83 bits per heavy atom. The first-order valence-electron chi connectivity index (χ1n) is 5.68. The third kappa shape index (κ3) is 3.45. The van der Waals surface area contributed by atoms with Gasteiger partial charge < -0.3 is 9.84 Å². The summed E-state index contributed by atoms with van der Waals surface area (Å²) in [6.45, 7) is 0.412. The SMILES string of the molecule is OCC(COc1cccc(Cl)c1)c1cccnc1. The highest BCUT2D eigenvalue weighted by molar-refractivity contribution is 6.30. The van der Waals surface area contributed by atoms with Gasteiger partial charge in [0.1, 0.15) is 5.75 Å². The zero-order valence-electron chi connectivity index (χ0n) is 9.79. The molecule has 94 valence electrons. The number of rotatable bonds is 5. The van der Waals surface area contributed by atoms with E-state index in [-0.39, 0.29) is 12.5 Å². The lowest BCUT2D eigenvalue weighted by Crippen LogP contribution is -2.14. The number of hydrogen-bond acceptors (Lipinski definition) is 3. The van der Waals surface area contributed by atoms with Crippen molar-refractivity contribution in [3.63, 3.8) is 0 Å². The van der Waals surface area contributed by atoms with E-state index < -0.39 is 0 Å². The molecule has 1 aromatic heterocycles. The number of halogens is 1. The third-order valence-corrected chi connectivity index (χ3v) is 2.86. The fraction of sp³-hybridized carbons (Fsp3) is 0.214. The number of ether oxygens (including phenoxy) is 1. The molecule has 1 aromatic carbocycles. The van der Waals surface area contributed by atoms with Crippen LogP contribution >= 0.6 is 11.6 Å². The Morgan fingerprint density at radius 1 is 1.28 bits per heavy atom. The summed E-state index contributed by atoms with van der Waals surface area (Å²) in [7, 11) is 0. The normalized spacial score (nSPS) is 12.1. The molecule has 0 amide bonds. The van der Waals surface area contributed by atoms with E-state index in [4.69, 9.17) is 16.3 Å². The fourth-order valence-corrected chi connectivity index (χ4v) is 1.81. The highest BCUT2D eigenvalue weighted by atomic mass is 35.5. The van der Waals surface area contributed by atoms with Crippen LogP contribution in [0.1, 0.15) is 11.5 Å². The summed E-state index contributed by atoms with van der Waals surface area (Å²) in [5.74, 6) is 0.613. The van der Waals surface area contributed by atoms with Crippen LogP contribution in [0, 0.1) is 0 Å². The van der Waals surface area contributed by atoms with E-state index in [1.54, 1.807) is 24.5 Å². The second kappa shape index (κ2) is 6.38. The minimum absolute atomic E-state index is 0.0201. The van der Waals surface area contributed by atoms with Crippen molar-refractivity contribution >= 4 is 11.6 Å². The lowest BCUT2D eigenvalue weighted by atomic mass is 10.0. The van der Waals surface area contributed by atoms with Gasteiger partial charge >= 0.3 is 0 Å². The number of pyridine rings is 1. The molecule has 2 aromatic rings. The average Bonchev–Trinajstić information content (AvgIpc) is 2.41. The molecule has 0 fully saturated rings. The molecule has 0 aliphatic carbocycles. The zero-order chi connectivity index (χ0) is 12.8. The quantitative estimate of drug-likeness (QED) is 0.902. The van der Waals surface area contributed by atoms with Crippen LogP contribution in [0.5, 0.6) is 5.75 Å². The molecule has 1 N–H and O–H groups in total. The van der Waals surface area contributed by atoms with Crippen LogP contribution in [0.15, 0.2) is 48.8 Å². The van der Waals surface area contributed by atoms with Gasteiger partial charge in [0.2, 0.25) is 0 Å². The van der Waals surface area contributed by atoms with Crippen LogP contribution in [0.3, 0.4) is 0 Å². The first-order valence-corrected chi connectivity index (χ1v) is 6.06. The van der Waals surface area contributed by atoms with Crippen LogP contribution in [0.2, 0.25) is 5.02 Å². The highest BCUT2D eigenvalue weighted by Crippen LogP contribution is 2.20. The highest BCUT2D eigenvalue weighted by Gasteiger charge is 2.11. The van der Waals surface area contributed by atoms with Gasteiger partial charge in [0, 0.05) is 23.3 Å². The van der Waals surface area contributed by atoms with E-state index >= 15 is 0 Å². The summed E-state index contributed by atoms with van der Waals surface area (Å²) in [6, 6.07) is 11.0. The second-order valence-electron chi connectivity index (χ2n) is 3.93. The van der Waals surface area contributed by atoms with E-state index in [9.17, 15) is 5.11 Å². The number of aliphatic hydroxyl groups excluding tert-OH is 1. The Bertz CT molecular complexity index is 490. The number of benzene rings is 1. The summed E-state index contributed by atoms with van der Waals surface area (Å²) in [5, 5.41) is 10.0. The number of hydrogen-bond donors (Lipinski definition) is 1. The Morgan fingerprint density at radius 2 is 2.17 bits per heavy atom. The standard InChI is InChI=1S/C14H14ClNO2/c15-13-4-1-5-14(7-13)18-10-12(9-17)11-3-2-6-16-8-11/h1-8,12,17H,9-10H2. The van der Waals surface area contributed by atoms with Crippen LogP contribution < -0.4 is 4.74 Å². The first kappa shape index (κ1) is 12.9. The molecule has 0 saturated heterocycles. The Labute approximate surface area is 111 Å². The maximum absolute atomic E-state index is 9.38.